The summed E-state index contributed by atoms with van der Waals surface area (Å²) < 4.78 is 34.5. The highest BCUT2D eigenvalue weighted by Crippen LogP contribution is 2.42. The fourth-order valence-electron chi connectivity index (χ4n) is 2.15. The van der Waals surface area contributed by atoms with Crippen molar-refractivity contribution in [2.75, 3.05) is 17.2 Å². The molecule has 0 bridgehead atoms. The van der Waals surface area contributed by atoms with Crippen LogP contribution in [0.1, 0.15) is 5.56 Å². The summed E-state index contributed by atoms with van der Waals surface area (Å²) in [7, 11) is 0. The lowest BCUT2D eigenvalue weighted by molar-refractivity contribution is -0.286. The average Bonchev–Trinajstić information content (AvgIpc) is 2.80. The van der Waals surface area contributed by atoms with Gasteiger partial charge in [-0.15, -0.1) is 8.78 Å². The minimum Gasteiger partial charge on any atom is -0.395 e. The average molecular weight is 320 g/mol. The first kappa shape index (κ1) is 15.1. The highest BCUT2D eigenvalue weighted by atomic mass is 19.3. The van der Waals surface area contributed by atoms with Crippen LogP contribution in [0.5, 0.6) is 11.5 Å². The van der Waals surface area contributed by atoms with Crippen LogP contribution >= 0.6 is 0 Å². The molecule has 1 heterocycles. The number of carbonyl (C=O) groups is 1. The third kappa shape index (κ3) is 3.50. The monoisotopic (exact) mass is 320 g/mol. The zero-order valence-electron chi connectivity index (χ0n) is 12.2. The maximum absolute atomic E-state index is 12.9. The lowest BCUT2D eigenvalue weighted by Gasteiger charge is -2.10. The van der Waals surface area contributed by atoms with Crippen LogP contribution in [0.2, 0.25) is 0 Å². The van der Waals surface area contributed by atoms with E-state index in [9.17, 15) is 13.6 Å². The zero-order valence-corrected chi connectivity index (χ0v) is 12.2. The summed E-state index contributed by atoms with van der Waals surface area (Å²) in [6.45, 7) is 1.88. The highest BCUT2D eigenvalue weighted by molar-refractivity contribution is 5.94. The Balaban J connectivity index is 1.59. The molecule has 2 N–H and O–H groups in total. The lowest BCUT2D eigenvalue weighted by atomic mass is 10.2. The summed E-state index contributed by atoms with van der Waals surface area (Å²) >= 11 is 0. The van der Waals surface area contributed by atoms with E-state index in [4.69, 9.17) is 0 Å². The van der Waals surface area contributed by atoms with Crippen LogP contribution in [0.15, 0.2) is 42.5 Å². The summed E-state index contributed by atoms with van der Waals surface area (Å²) in [5, 5.41) is 5.62. The van der Waals surface area contributed by atoms with E-state index >= 15 is 0 Å². The maximum atomic E-state index is 12.9. The first-order valence-corrected chi connectivity index (χ1v) is 6.92. The van der Waals surface area contributed by atoms with Gasteiger partial charge in [0, 0.05) is 17.4 Å². The Morgan fingerprint density at radius 2 is 1.87 bits per heavy atom. The number of para-hydroxylation sites is 1. The smallest absolute Gasteiger partial charge is 0.395 e. The van der Waals surface area contributed by atoms with Gasteiger partial charge in [0.25, 0.3) is 0 Å². The molecule has 0 saturated heterocycles. The van der Waals surface area contributed by atoms with Gasteiger partial charge in [-0.05, 0) is 30.7 Å². The number of anilines is 2. The Hall–Kier alpha value is -2.83. The summed E-state index contributed by atoms with van der Waals surface area (Å²) in [6.07, 6.45) is -3.65. The Morgan fingerprint density at radius 1 is 1.13 bits per heavy atom. The van der Waals surface area contributed by atoms with Gasteiger partial charge in [0.05, 0.1) is 6.54 Å². The fraction of sp³-hybridized carbons (Fsp3) is 0.188. The van der Waals surface area contributed by atoms with Crippen molar-refractivity contribution in [2.45, 2.75) is 13.2 Å². The van der Waals surface area contributed by atoms with Crippen molar-refractivity contribution >= 4 is 17.3 Å². The molecule has 1 aliphatic rings. The van der Waals surface area contributed by atoms with Crippen molar-refractivity contribution < 1.29 is 23.0 Å². The minimum absolute atomic E-state index is 0.00955. The van der Waals surface area contributed by atoms with Gasteiger partial charge in [0.1, 0.15) is 0 Å². The van der Waals surface area contributed by atoms with Crippen LogP contribution in [-0.2, 0) is 4.79 Å². The van der Waals surface area contributed by atoms with Crippen LogP contribution in [-0.4, -0.2) is 18.7 Å². The predicted octanol–water partition coefficient (Wildman–Crippen LogP) is 3.37. The van der Waals surface area contributed by atoms with E-state index in [2.05, 4.69) is 20.1 Å². The number of carbonyl (C=O) groups excluding carboxylic acids is 1. The number of halogens is 2. The van der Waals surface area contributed by atoms with Crippen molar-refractivity contribution in [3.8, 4) is 11.5 Å². The van der Waals surface area contributed by atoms with E-state index in [0.29, 0.717) is 5.69 Å². The van der Waals surface area contributed by atoms with E-state index in [-0.39, 0.29) is 24.0 Å². The van der Waals surface area contributed by atoms with Gasteiger partial charge in [-0.25, -0.2) is 0 Å². The molecule has 0 atom stereocenters. The fourth-order valence-corrected chi connectivity index (χ4v) is 2.15. The Labute approximate surface area is 131 Å². The number of hydrogen-bond acceptors (Lipinski definition) is 4. The van der Waals surface area contributed by atoms with Crippen molar-refractivity contribution in [3.05, 3.63) is 48.0 Å². The summed E-state index contributed by atoms with van der Waals surface area (Å²) in [5.74, 6) is -0.355. The first-order valence-electron chi connectivity index (χ1n) is 6.92. The molecular weight excluding hydrogens is 306 g/mol. The van der Waals surface area contributed by atoms with Crippen LogP contribution in [0, 0.1) is 6.92 Å². The number of alkyl halides is 2. The van der Waals surface area contributed by atoms with Crippen LogP contribution in [0.3, 0.4) is 0 Å². The number of nitrogens with one attached hydrogen (secondary N) is 2. The standard InChI is InChI=1S/C16H14F2N2O3/c1-10-4-2-3-5-12(10)20-15(21)9-19-11-6-7-13-14(8-11)23-16(17,18)22-13/h2-8,19H,9H2,1H3,(H,20,21). The van der Waals surface area contributed by atoms with Crippen molar-refractivity contribution in [1.82, 2.24) is 0 Å². The molecule has 0 radical (unpaired) electrons. The normalized spacial score (nSPS) is 14.4. The second-order valence-electron chi connectivity index (χ2n) is 5.05. The first-order chi connectivity index (χ1) is 10.9. The molecule has 1 aliphatic heterocycles. The number of rotatable bonds is 4. The molecule has 5 nitrogen and oxygen atoms in total. The van der Waals surface area contributed by atoms with E-state index in [1.165, 1.54) is 18.2 Å². The Bertz CT molecular complexity index is 750. The molecule has 1 amide bonds. The minimum atomic E-state index is -3.65. The summed E-state index contributed by atoms with van der Waals surface area (Å²) in [5.41, 5.74) is 2.15. The third-order valence-corrected chi connectivity index (χ3v) is 3.27. The second-order valence-corrected chi connectivity index (χ2v) is 5.05. The van der Waals surface area contributed by atoms with Gasteiger partial charge in [-0.2, -0.15) is 0 Å². The van der Waals surface area contributed by atoms with Crippen LogP contribution < -0.4 is 20.1 Å². The zero-order chi connectivity index (χ0) is 16.4. The molecule has 0 aromatic heterocycles. The summed E-state index contributed by atoms with van der Waals surface area (Å²) in [4.78, 5) is 11.9. The number of benzene rings is 2. The number of amides is 1. The van der Waals surface area contributed by atoms with Gasteiger partial charge >= 0.3 is 6.29 Å². The molecule has 120 valence electrons. The topological polar surface area (TPSA) is 59.6 Å². The predicted molar refractivity (Wildman–Crippen MR) is 80.9 cm³/mol. The van der Waals surface area contributed by atoms with Crippen LogP contribution in [0.4, 0.5) is 20.2 Å². The number of fused-ring (bicyclic) bond motifs is 1. The molecule has 23 heavy (non-hydrogen) atoms. The largest absolute Gasteiger partial charge is 0.586 e. The van der Waals surface area contributed by atoms with Crippen molar-refractivity contribution in [2.24, 2.45) is 0 Å². The molecule has 2 aromatic carbocycles. The number of hydrogen-bond donors (Lipinski definition) is 2. The Morgan fingerprint density at radius 3 is 2.65 bits per heavy atom. The van der Waals surface area contributed by atoms with E-state index in [1.807, 2.05) is 25.1 Å². The molecule has 0 saturated carbocycles. The SMILES string of the molecule is Cc1ccccc1NC(=O)CNc1ccc2c(c1)OC(F)(F)O2. The van der Waals surface area contributed by atoms with Gasteiger partial charge in [-0.1, -0.05) is 18.2 Å². The molecule has 0 fully saturated rings. The highest BCUT2D eigenvalue weighted by Gasteiger charge is 2.43. The quantitative estimate of drug-likeness (QED) is 0.907. The third-order valence-electron chi connectivity index (χ3n) is 3.27. The number of ether oxygens (including phenoxy) is 2. The summed E-state index contributed by atoms with van der Waals surface area (Å²) in [6, 6.07) is 11.6. The van der Waals surface area contributed by atoms with Crippen LogP contribution in [0.25, 0.3) is 0 Å². The van der Waals surface area contributed by atoms with Gasteiger partial charge < -0.3 is 20.1 Å². The van der Waals surface area contributed by atoms with E-state index < -0.39 is 6.29 Å². The molecule has 7 heteroatoms. The lowest BCUT2D eigenvalue weighted by Crippen LogP contribution is -2.25. The molecule has 0 spiro atoms. The van der Waals surface area contributed by atoms with Gasteiger partial charge in [0.2, 0.25) is 5.91 Å². The van der Waals surface area contributed by atoms with E-state index in [1.54, 1.807) is 6.07 Å². The molecular formula is C16H14F2N2O3. The molecule has 3 rings (SSSR count). The van der Waals surface area contributed by atoms with Gasteiger partial charge in [0.15, 0.2) is 11.5 Å². The molecule has 0 aliphatic carbocycles. The maximum Gasteiger partial charge on any atom is 0.586 e. The van der Waals surface area contributed by atoms with Gasteiger partial charge in [-0.3, -0.25) is 4.79 Å². The second kappa shape index (κ2) is 5.75. The molecule has 2 aromatic rings. The Kier molecular flexibility index (Phi) is 3.77. The van der Waals surface area contributed by atoms with Crippen molar-refractivity contribution in [1.29, 1.82) is 0 Å². The number of aryl methyl sites for hydroxylation is 1. The van der Waals surface area contributed by atoms with Crippen molar-refractivity contribution in [3.63, 3.8) is 0 Å². The molecule has 0 unspecified atom stereocenters. The van der Waals surface area contributed by atoms with E-state index in [0.717, 1.165) is 11.3 Å².